The van der Waals surface area contributed by atoms with E-state index in [1.54, 1.807) is 0 Å². The molecule has 0 amide bonds. The number of hydrogen-bond donors (Lipinski definition) is 1. The van der Waals surface area contributed by atoms with Crippen molar-refractivity contribution < 1.29 is 0 Å². The fourth-order valence-corrected chi connectivity index (χ4v) is 1.71. The van der Waals surface area contributed by atoms with Crippen LogP contribution in [0.4, 0.5) is 0 Å². The zero-order chi connectivity index (χ0) is 11.4. The number of nitrogens with one attached hydrogen (secondary N) is 1. The van der Waals surface area contributed by atoms with E-state index in [4.69, 9.17) is 0 Å². The Hall–Kier alpha value is -0.860. The van der Waals surface area contributed by atoms with Crippen LogP contribution >= 0.6 is 0 Å². The van der Waals surface area contributed by atoms with Crippen molar-refractivity contribution in [1.82, 2.24) is 10.2 Å². The quantitative estimate of drug-likeness (QED) is 0.812. The molecule has 0 bridgehead atoms. The molecule has 1 N–H and O–H groups in total. The van der Waals surface area contributed by atoms with Gasteiger partial charge in [0.1, 0.15) is 0 Å². The van der Waals surface area contributed by atoms with Gasteiger partial charge in [0.05, 0.1) is 0 Å². The highest BCUT2D eigenvalue weighted by atomic mass is 15.1. The van der Waals surface area contributed by atoms with Crippen LogP contribution in [-0.2, 0) is 0 Å². The summed E-state index contributed by atoms with van der Waals surface area (Å²) < 4.78 is 0. The molecule has 1 rings (SSSR count). The number of aryl methyl sites for hydroxylation is 2. The molecular formula is C13H22N2. The summed E-state index contributed by atoms with van der Waals surface area (Å²) in [5.74, 6) is 0. The Morgan fingerprint density at radius 2 is 1.87 bits per heavy atom. The molecule has 1 aromatic rings. The molecule has 0 fully saturated rings. The first-order valence-electron chi connectivity index (χ1n) is 5.43. The Balaban J connectivity index is 2.87. The third kappa shape index (κ3) is 3.33. The van der Waals surface area contributed by atoms with Gasteiger partial charge in [-0.3, -0.25) is 0 Å². The van der Waals surface area contributed by atoms with Crippen LogP contribution in [-0.4, -0.2) is 32.6 Å². The Kier molecular flexibility index (Phi) is 4.30. The van der Waals surface area contributed by atoms with Crippen LogP contribution in [0.1, 0.15) is 22.7 Å². The monoisotopic (exact) mass is 206 g/mol. The Morgan fingerprint density at radius 1 is 1.20 bits per heavy atom. The molecule has 84 valence electrons. The summed E-state index contributed by atoms with van der Waals surface area (Å²) >= 11 is 0. The van der Waals surface area contributed by atoms with Crippen LogP contribution in [0.25, 0.3) is 0 Å². The van der Waals surface area contributed by atoms with Crippen molar-refractivity contribution in [3.63, 3.8) is 0 Å². The van der Waals surface area contributed by atoms with E-state index in [0.717, 1.165) is 6.54 Å². The maximum atomic E-state index is 3.35. The molecule has 1 aromatic carbocycles. The molecule has 15 heavy (non-hydrogen) atoms. The number of rotatable bonds is 4. The molecule has 0 heterocycles. The van der Waals surface area contributed by atoms with Crippen molar-refractivity contribution in [2.24, 2.45) is 0 Å². The van der Waals surface area contributed by atoms with E-state index in [2.05, 4.69) is 56.4 Å². The molecule has 0 aliphatic carbocycles. The number of hydrogen-bond acceptors (Lipinski definition) is 2. The second kappa shape index (κ2) is 5.29. The average Bonchev–Trinajstić information content (AvgIpc) is 2.18. The molecule has 0 aromatic heterocycles. The second-order valence-corrected chi connectivity index (χ2v) is 4.45. The minimum Gasteiger partial charge on any atom is -0.312 e. The van der Waals surface area contributed by atoms with Crippen LogP contribution in [0.15, 0.2) is 18.2 Å². The smallest absolute Gasteiger partial charge is 0.0446 e. The molecule has 1 atom stereocenters. The molecule has 0 aliphatic heterocycles. The van der Waals surface area contributed by atoms with Crippen molar-refractivity contribution in [3.05, 3.63) is 34.9 Å². The zero-order valence-corrected chi connectivity index (χ0v) is 10.5. The van der Waals surface area contributed by atoms with Crippen molar-refractivity contribution in [2.45, 2.75) is 19.9 Å². The van der Waals surface area contributed by atoms with Crippen molar-refractivity contribution in [3.8, 4) is 0 Å². The maximum absolute atomic E-state index is 3.35. The lowest BCUT2D eigenvalue weighted by molar-refractivity contribution is 0.352. The van der Waals surface area contributed by atoms with Gasteiger partial charge >= 0.3 is 0 Å². The molecule has 0 radical (unpaired) electrons. The summed E-state index contributed by atoms with van der Waals surface area (Å²) in [6.07, 6.45) is 0. The number of benzene rings is 1. The SMILES string of the molecule is CNC(CN(C)C)c1ccc(C)c(C)c1. The summed E-state index contributed by atoms with van der Waals surface area (Å²) in [6.45, 7) is 5.35. The average molecular weight is 206 g/mol. The minimum atomic E-state index is 0.416. The van der Waals surface area contributed by atoms with E-state index in [0.29, 0.717) is 6.04 Å². The number of nitrogens with zero attached hydrogens (tertiary/aromatic N) is 1. The molecule has 1 unspecified atom stereocenters. The first-order valence-corrected chi connectivity index (χ1v) is 5.43. The zero-order valence-electron chi connectivity index (χ0n) is 10.5. The van der Waals surface area contributed by atoms with E-state index in [1.807, 2.05) is 7.05 Å². The highest BCUT2D eigenvalue weighted by Gasteiger charge is 2.10. The predicted octanol–water partition coefficient (Wildman–Crippen LogP) is 2.13. The molecule has 0 aliphatic rings. The van der Waals surface area contributed by atoms with Gasteiger partial charge in [-0.25, -0.2) is 0 Å². The van der Waals surface area contributed by atoms with Gasteiger partial charge in [0.25, 0.3) is 0 Å². The van der Waals surface area contributed by atoms with Gasteiger partial charge in [-0.1, -0.05) is 18.2 Å². The normalized spacial score (nSPS) is 13.2. The number of likely N-dealkylation sites (N-methyl/N-ethyl adjacent to an activating group) is 2. The Labute approximate surface area is 93.3 Å². The van der Waals surface area contributed by atoms with Crippen LogP contribution < -0.4 is 5.32 Å². The summed E-state index contributed by atoms with van der Waals surface area (Å²) in [6, 6.07) is 7.11. The van der Waals surface area contributed by atoms with Crippen LogP contribution in [0.2, 0.25) is 0 Å². The highest BCUT2D eigenvalue weighted by molar-refractivity contribution is 5.31. The Bertz CT molecular complexity index is 318. The molecule has 2 heteroatoms. The van der Waals surface area contributed by atoms with E-state index in [-0.39, 0.29) is 0 Å². The Morgan fingerprint density at radius 3 is 2.33 bits per heavy atom. The summed E-state index contributed by atoms with van der Waals surface area (Å²) in [5.41, 5.74) is 4.10. The lowest BCUT2D eigenvalue weighted by atomic mass is 10.0. The van der Waals surface area contributed by atoms with Gasteiger partial charge in [0.15, 0.2) is 0 Å². The third-order valence-corrected chi connectivity index (χ3v) is 2.83. The first-order chi connectivity index (χ1) is 7.04. The fraction of sp³-hybridized carbons (Fsp3) is 0.538. The lowest BCUT2D eigenvalue weighted by Crippen LogP contribution is -2.28. The maximum Gasteiger partial charge on any atom is 0.0446 e. The van der Waals surface area contributed by atoms with E-state index in [1.165, 1.54) is 16.7 Å². The van der Waals surface area contributed by atoms with Gasteiger partial charge in [-0.15, -0.1) is 0 Å². The fourth-order valence-electron chi connectivity index (χ4n) is 1.71. The highest BCUT2D eigenvalue weighted by Crippen LogP contribution is 2.17. The second-order valence-electron chi connectivity index (χ2n) is 4.45. The standard InChI is InChI=1S/C13H22N2/c1-10-6-7-12(8-11(10)2)13(14-3)9-15(4)5/h6-8,13-14H,9H2,1-5H3. The van der Waals surface area contributed by atoms with Crippen LogP contribution in [0, 0.1) is 13.8 Å². The van der Waals surface area contributed by atoms with E-state index in [9.17, 15) is 0 Å². The van der Waals surface area contributed by atoms with Crippen molar-refractivity contribution in [1.29, 1.82) is 0 Å². The van der Waals surface area contributed by atoms with Gasteiger partial charge in [0.2, 0.25) is 0 Å². The largest absolute Gasteiger partial charge is 0.312 e. The third-order valence-electron chi connectivity index (χ3n) is 2.83. The predicted molar refractivity (Wildman–Crippen MR) is 66.3 cm³/mol. The van der Waals surface area contributed by atoms with E-state index >= 15 is 0 Å². The molecule has 2 nitrogen and oxygen atoms in total. The van der Waals surface area contributed by atoms with Crippen LogP contribution in [0.5, 0.6) is 0 Å². The van der Waals surface area contributed by atoms with Crippen molar-refractivity contribution >= 4 is 0 Å². The summed E-state index contributed by atoms with van der Waals surface area (Å²) in [7, 11) is 6.22. The summed E-state index contributed by atoms with van der Waals surface area (Å²) in [4.78, 5) is 2.20. The van der Waals surface area contributed by atoms with Crippen molar-refractivity contribution in [2.75, 3.05) is 27.7 Å². The molecular weight excluding hydrogens is 184 g/mol. The first kappa shape index (κ1) is 12.2. The van der Waals surface area contributed by atoms with E-state index < -0.39 is 0 Å². The topological polar surface area (TPSA) is 15.3 Å². The molecule has 0 spiro atoms. The lowest BCUT2D eigenvalue weighted by Gasteiger charge is -2.21. The van der Waals surface area contributed by atoms with Gasteiger partial charge in [0, 0.05) is 12.6 Å². The van der Waals surface area contributed by atoms with Gasteiger partial charge in [-0.2, -0.15) is 0 Å². The van der Waals surface area contributed by atoms with Gasteiger partial charge < -0.3 is 10.2 Å². The van der Waals surface area contributed by atoms with Gasteiger partial charge in [-0.05, 0) is 51.7 Å². The molecule has 0 saturated carbocycles. The van der Waals surface area contributed by atoms with Crippen LogP contribution in [0.3, 0.4) is 0 Å². The molecule has 0 saturated heterocycles. The summed E-state index contributed by atoms with van der Waals surface area (Å²) in [5, 5.41) is 3.35. The minimum absolute atomic E-state index is 0.416.